The SMILES string of the molecule is Cc1cc(Cl)ccc1N1C(=O)C(Cl)=C(Nc2ccc(C(=O)Oc3ccc(F)cc3)cc2)C1=O. The number of amides is 2. The van der Waals surface area contributed by atoms with Gasteiger partial charge in [0.05, 0.1) is 11.3 Å². The summed E-state index contributed by atoms with van der Waals surface area (Å²) in [7, 11) is 0. The van der Waals surface area contributed by atoms with E-state index in [4.69, 9.17) is 27.9 Å². The van der Waals surface area contributed by atoms with Gasteiger partial charge < -0.3 is 10.1 Å². The molecular formula is C24H15Cl2FN2O4. The van der Waals surface area contributed by atoms with Gasteiger partial charge in [-0.05, 0) is 79.2 Å². The maximum atomic E-state index is 13.0. The molecule has 166 valence electrons. The van der Waals surface area contributed by atoms with E-state index in [1.54, 1.807) is 25.1 Å². The molecule has 0 saturated heterocycles. The normalized spacial score (nSPS) is 13.5. The number of anilines is 2. The van der Waals surface area contributed by atoms with E-state index in [9.17, 15) is 18.8 Å². The zero-order valence-corrected chi connectivity index (χ0v) is 18.6. The molecule has 0 saturated carbocycles. The molecule has 1 aliphatic rings. The lowest BCUT2D eigenvalue weighted by atomic mass is 10.2. The van der Waals surface area contributed by atoms with E-state index >= 15 is 0 Å². The number of hydrogen-bond acceptors (Lipinski definition) is 5. The third-order valence-corrected chi connectivity index (χ3v) is 5.43. The lowest BCUT2D eigenvalue weighted by Gasteiger charge is -2.17. The summed E-state index contributed by atoms with van der Waals surface area (Å²) < 4.78 is 18.2. The first-order chi connectivity index (χ1) is 15.7. The minimum absolute atomic E-state index is 0.0855. The highest BCUT2D eigenvalue weighted by molar-refractivity contribution is 6.53. The second-order valence-electron chi connectivity index (χ2n) is 7.11. The monoisotopic (exact) mass is 484 g/mol. The molecule has 33 heavy (non-hydrogen) atoms. The summed E-state index contributed by atoms with van der Waals surface area (Å²) in [5.74, 6) is -2.15. The summed E-state index contributed by atoms with van der Waals surface area (Å²) in [4.78, 5) is 38.8. The lowest BCUT2D eigenvalue weighted by Crippen LogP contribution is -2.32. The van der Waals surface area contributed by atoms with Gasteiger partial charge in [-0.2, -0.15) is 0 Å². The number of aryl methyl sites for hydroxylation is 1. The van der Waals surface area contributed by atoms with Crippen LogP contribution in [0.15, 0.2) is 77.5 Å². The molecule has 0 aromatic heterocycles. The van der Waals surface area contributed by atoms with Crippen LogP contribution in [0, 0.1) is 12.7 Å². The van der Waals surface area contributed by atoms with Gasteiger partial charge in [0.2, 0.25) is 0 Å². The fraction of sp³-hybridized carbons (Fsp3) is 0.0417. The number of esters is 1. The van der Waals surface area contributed by atoms with Gasteiger partial charge in [-0.3, -0.25) is 9.59 Å². The van der Waals surface area contributed by atoms with Gasteiger partial charge in [-0.15, -0.1) is 0 Å². The average molecular weight is 485 g/mol. The van der Waals surface area contributed by atoms with Crippen molar-refractivity contribution in [2.45, 2.75) is 6.92 Å². The van der Waals surface area contributed by atoms with E-state index in [1.165, 1.54) is 48.5 Å². The zero-order chi connectivity index (χ0) is 23.7. The topological polar surface area (TPSA) is 75.7 Å². The van der Waals surface area contributed by atoms with Crippen LogP contribution in [0.1, 0.15) is 15.9 Å². The van der Waals surface area contributed by atoms with E-state index in [0.717, 1.165) is 4.90 Å². The van der Waals surface area contributed by atoms with Crippen molar-refractivity contribution in [3.05, 3.63) is 99.4 Å². The number of hydrogen-bond donors (Lipinski definition) is 1. The van der Waals surface area contributed by atoms with Crippen LogP contribution in [-0.4, -0.2) is 17.8 Å². The van der Waals surface area contributed by atoms with Crippen LogP contribution < -0.4 is 15.0 Å². The molecule has 3 aromatic carbocycles. The maximum absolute atomic E-state index is 13.0. The Labute approximate surface area is 198 Å². The number of nitrogens with one attached hydrogen (secondary N) is 1. The van der Waals surface area contributed by atoms with Crippen molar-refractivity contribution in [1.82, 2.24) is 0 Å². The summed E-state index contributed by atoms with van der Waals surface area (Å²) >= 11 is 12.1. The third kappa shape index (κ3) is 4.60. The zero-order valence-electron chi connectivity index (χ0n) is 17.1. The molecule has 0 fully saturated rings. The van der Waals surface area contributed by atoms with Crippen molar-refractivity contribution < 1.29 is 23.5 Å². The largest absolute Gasteiger partial charge is 0.423 e. The molecule has 4 rings (SSSR count). The highest BCUT2D eigenvalue weighted by Gasteiger charge is 2.39. The van der Waals surface area contributed by atoms with E-state index in [0.29, 0.717) is 22.0 Å². The average Bonchev–Trinajstić information content (AvgIpc) is 2.99. The Balaban J connectivity index is 1.49. The molecule has 0 spiro atoms. The standard InChI is InChI=1S/C24H15Cl2FN2O4/c1-13-12-15(25)4-11-19(13)29-22(30)20(26)21(23(29)31)28-17-7-2-14(3-8-17)24(32)33-18-9-5-16(27)6-10-18/h2-12,28H,1H3. The number of imide groups is 1. The van der Waals surface area contributed by atoms with Crippen LogP contribution in [-0.2, 0) is 9.59 Å². The fourth-order valence-electron chi connectivity index (χ4n) is 3.20. The molecule has 0 radical (unpaired) electrons. The van der Waals surface area contributed by atoms with Crippen molar-refractivity contribution in [3.8, 4) is 5.75 Å². The summed E-state index contributed by atoms with van der Waals surface area (Å²) in [6.07, 6.45) is 0. The van der Waals surface area contributed by atoms with Crippen LogP contribution in [0.4, 0.5) is 15.8 Å². The van der Waals surface area contributed by atoms with E-state index in [1.807, 2.05) is 0 Å². The number of benzene rings is 3. The Morgan fingerprint density at radius 1 is 0.939 bits per heavy atom. The Bertz CT molecular complexity index is 1310. The summed E-state index contributed by atoms with van der Waals surface area (Å²) in [6, 6.07) is 15.9. The van der Waals surface area contributed by atoms with Gasteiger partial charge >= 0.3 is 5.97 Å². The maximum Gasteiger partial charge on any atom is 0.343 e. The first-order valence-electron chi connectivity index (χ1n) is 9.64. The Hall–Kier alpha value is -3.68. The van der Waals surface area contributed by atoms with Crippen molar-refractivity contribution >= 4 is 52.4 Å². The Morgan fingerprint density at radius 2 is 1.61 bits per heavy atom. The Morgan fingerprint density at radius 3 is 2.24 bits per heavy atom. The second-order valence-corrected chi connectivity index (χ2v) is 7.93. The van der Waals surface area contributed by atoms with Crippen LogP contribution >= 0.6 is 23.2 Å². The molecule has 1 N–H and O–H groups in total. The smallest absolute Gasteiger partial charge is 0.343 e. The molecule has 1 aliphatic heterocycles. The highest BCUT2D eigenvalue weighted by atomic mass is 35.5. The predicted molar refractivity (Wildman–Crippen MR) is 123 cm³/mol. The predicted octanol–water partition coefficient (Wildman–Crippen LogP) is 5.44. The molecule has 0 unspecified atom stereocenters. The van der Waals surface area contributed by atoms with Gasteiger partial charge in [-0.25, -0.2) is 14.1 Å². The van der Waals surface area contributed by atoms with Crippen LogP contribution in [0.25, 0.3) is 0 Å². The number of halogens is 3. The van der Waals surface area contributed by atoms with Gasteiger partial charge in [-0.1, -0.05) is 23.2 Å². The number of rotatable bonds is 5. The molecule has 1 heterocycles. The minimum Gasteiger partial charge on any atom is -0.423 e. The molecule has 2 amide bonds. The number of ether oxygens (including phenoxy) is 1. The molecule has 6 nitrogen and oxygen atoms in total. The van der Waals surface area contributed by atoms with Crippen LogP contribution in [0.2, 0.25) is 5.02 Å². The number of nitrogens with zero attached hydrogens (tertiary/aromatic N) is 1. The molecular weight excluding hydrogens is 470 g/mol. The van der Waals surface area contributed by atoms with Gasteiger partial charge in [0.1, 0.15) is 22.3 Å². The summed E-state index contributed by atoms with van der Waals surface area (Å²) in [5, 5.41) is 3.06. The fourth-order valence-corrected chi connectivity index (χ4v) is 3.64. The summed E-state index contributed by atoms with van der Waals surface area (Å²) in [5.41, 5.74) is 1.59. The first-order valence-corrected chi connectivity index (χ1v) is 10.4. The molecule has 0 aliphatic carbocycles. The quantitative estimate of drug-likeness (QED) is 0.296. The van der Waals surface area contributed by atoms with Crippen LogP contribution in [0.3, 0.4) is 0 Å². The van der Waals surface area contributed by atoms with E-state index in [2.05, 4.69) is 5.32 Å². The number of carbonyl (C=O) groups is 3. The third-order valence-electron chi connectivity index (χ3n) is 4.84. The molecule has 3 aromatic rings. The van der Waals surface area contributed by atoms with E-state index < -0.39 is 23.6 Å². The minimum atomic E-state index is -0.658. The van der Waals surface area contributed by atoms with Crippen molar-refractivity contribution in [1.29, 1.82) is 0 Å². The highest BCUT2D eigenvalue weighted by Crippen LogP contribution is 2.33. The lowest BCUT2D eigenvalue weighted by molar-refractivity contribution is -0.120. The van der Waals surface area contributed by atoms with Crippen molar-refractivity contribution in [2.75, 3.05) is 10.2 Å². The molecule has 9 heteroatoms. The van der Waals surface area contributed by atoms with Gasteiger partial charge in [0.15, 0.2) is 0 Å². The van der Waals surface area contributed by atoms with Crippen LogP contribution in [0.5, 0.6) is 5.75 Å². The molecule has 0 bridgehead atoms. The number of carbonyl (C=O) groups excluding carboxylic acids is 3. The van der Waals surface area contributed by atoms with E-state index in [-0.39, 0.29) is 22.0 Å². The van der Waals surface area contributed by atoms with Crippen molar-refractivity contribution in [3.63, 3.8) is 0 Å². The van der Waals surface area contributed by atoms with Gasteiger partial charge in [0, 0.05) is 10.7 Å². The molecule has 0 atom stereocenters. The van der Waals surface area contributed by atoms with Gasteiger partial charge in [0.25, 0.3) is 11.8 Å². The second kappa shape index (κ2) is 9.05. The summed E-state index contributed by atoms with van der Waals surface area (Å²) in [6.45, 7) is 1.73. The Kier molecular flexibility index (Phi) is 6.18. The van der Waals surface area contributed by atoms with Crippen molar-refractivity contribution in [2.24, 2.45) is 0 Å². The first kappa shape index (κ1) is 22.5.